The molecular weight excluding hydrogens is 270 g/mol. The van der Waals surface area contributed by atoms with Gasteiger partial charge in [-0.15, -0.1) is 0 Å². The van der Waals surface area contributed by atoms with Gasteiger partial charge in [-0.3, -0.25) is 4.79 Å². The molecule has 0 bridgehead atoms. The summed E-state index contributed by atoms with van der Waals surface area (Å²) in [6, 6.07) is 7.59. The van der Waals surface area contributed by atoms with Crippen molar-refractivity contribution in [3.63, 3.8) is 0 Å². The number of benzene rings is 1. The molecule has 0 radical (unpaired) electrons. The Hall–Kier alpha value is -2.02. The fourth-order valence-corrected chi connectivity index (χ4v) is 1.73. The second-order valence-corrected chi connectivity index (χ2v) is 4.29. The molecule has 0 spiro atoms. The van der Waals surface area contributed by atoms with Crippen LogP contribution in [0.2, 0.25) is 0 Å². The summed E-state index contributed by atoms with van der Waals surface area (Å²) in [5.41, 5.74) is 2.73. The van der Waals surface area contributed by atoms with Crippen molar-refractivity contribution in [2.45, 2.75) is 24.8 Å². The maximum absolute atomic E-state index is 13.2. The van der Waals surface area contributed by atoms with Gasteiger partial charge in [0.2, 0.25) is 0 Å². The lowest BCUT2D eigenvalue weighted by Crippen LogP contribution is -2.59. The van der Waals surface area contributed by atoms with E-state index in [0.717, 1.165) is 0 Å². The predicted molar refractivity (Wildman–Crippen MR) is 68.6 cm³/mol. The number of aliphatic carboxylic acids is 1. The molecule has 0 aliphatic rings. The number of nitrogens with one attached hydrogen (secondary N) is 1. The van der Waals surface area contributed by atoms with Gasteiger partial charge in [0, 0.05) is 5.56 Å². The molecule has 5 nitrogen and oxygen atoms in total. The van der Waals surface area contributed by atoms with Gasteiger partial charge in [-0.25, -0.2) is 13.6 Å². The van der Waals surface area contributed by atoms with E-state index in [1.54, 1.807) is 18.2 Å². The molecule has 1 aromatic rings. The van der Waals surface area contributed by atoms with Crippen molar-refractivity contribution in [2.75, 3.05) is 6.54 Å². The highest BCUT2D eigenvalue weighted by atomic mass is 19.3. The van der Waals surface area contributed by atoms with E-state index >= 15 is 0 Å². The van der Waals surface area contributed by atoms with Gasteiger partial charge in [0.15, 0.2) is 5.54 Å². The van der Waals surface area contributed by atoms with Crippen molar-refractivity contribution in [3.8, 4) is 0 Å². The number of rotatable bonds is 7. The number of hydrogen-bond acceptors (Lipinski definition) is 3. The average Bonchev–Trinajstić information content (AvgIpc) is 2.43. The summed E-state index contributed by atoms with van der Waals surface area (Å²) in [6.07, 6.45) is -3.61. The third-order valence-electron chi connectivity index (χ3n) is 2.90. The second kappa shape index (κ2) is 6.95. The lowest BCUT2D eigenvalue weighted by molar-refractivity contribution is -0.152. The van der Waals surface area contributed by atoms with Gasteiger partial charge in [-0.1, -0.05) is 18.2 Å². The number of carboxylic acids is 1. The number of halogens is 2. The molecule has 0 saturated heterocycles. The number of hydrogen-bond donors (Lipinski definition) is 3. The van der Waals surface area contributed by atoms with Crippen LogP contribution in [0.4, 0.5) is 8.78 Å². The van der Waals surface area contributed by atoms with Crippen LogP contribution in [0.5, 0.6) is 0 Å². The first-order chi connectivity index (χ1) is 9.44. The summed E-state index contributed by atoms with van der Waals surface area (Å²) >= 11 is 0. The van der Waals surface area contributed by atoms with Crippen molar-refractivity contribution in [2.24, 2.45) is 5.73 Å². The molecule has 1 amide bonds. The highest BCUT2D eigenvalue weighted by Gasteiger charge is 2.48. The smallest absolute Gasteiger partial charge is 0.335 e. The van der Waals surface area contributed by atoms with E-state index in [-0.39, 0.29) is 18.5 Å². The fraction of sp³-hybridized carbons (Fsp3) is 0.385. The normalized spacial score (nSPS) is 13.8. The lowest BCUT2D eigenvalue weighted by atomic mass is 9.93. The van der Waals surface area contributed by atoms with E-state index in [0.29, 0.717) is 0 Å². The van der Waals surface area contributed by atoms with E-state index in [4.69, 9.17) is 10.8 Å². The Morgan fingerprint density at radius 2 is 1.90 bits per heavy atom. The maximum atomic E-state index is 13.2. The Kier molecular flexibility index (Phi) is 5.57. The number of carboxylic acid groups (broad SMARTS) is 1. The van der Waals surface area contributed by atoms with Gasteiger partial charge < -0.3 is 16.2 Å². The van der Waals surface area contributed by atoms with Crippen LogP contribution in [0.1, 0.15) is 23.2 Å². The Balaban J connectivity index is 3.00. The molecule has 0 fully saturated rings. The zero-order valence-electron chi connectivity index (χ0n) is 10.7. The highest BCUT2D eigenvalue weighted by molar-refractivity contribution is 5.98. The summed E-state index contributed by atoms with van der Waals surface area (Å²) in [7, 11) is 0. The number of amides is 1. The Bertz CT molecular complexity index is 468. The lowest BCUT2D eigenvalue weighted by Gasteiger charge is -2.29. The molecule has 0 aromatic heterocycles. The van der Waals surface area contributed by atoms with Gasteiger partial charge in [-0.05, 0) is 31.5 Å². The Morgan fingerprint density at radius 1 is 1.30 bits per heavy atom. The number of nitrogens with two attached hydrogens (primary N) is 1. The van der Waals surface area contributed by atoms with Crippen LogP contribution in [0, 0.1) is 0 Å². The summed E-state index contributed by atoms with van der Waals surface area (Å²) in [4.78, 5) is 23.1. The molecular formula is C13H16F2N2O3. The molecule has 1 atom stereocenters. The quantitative estimate of drug-likeness (QED) is 0.703. The molecule has 7 heteroatoms. The summed E-state index contributed by atoms with van der Waals surface area (Å²) in [5.74, 6) is -2.63. The molecule has 1 rings (SSSR count). The zero-order chi connectivity index (χ0) is 15.2. The van der Waals surface area contributed by atoms with Gasteiger partial charge >= 0.3 is 5.97 Å². The number of carbonyl (C=O) groups excluding carboxylic acids is 1. The number of alkyl halides is 2. The minimum Gasteiger partial charge on any atom is -0.479 e. The van der Waals surface area contributed by atoms with Gasteiger partial charge in [-0.2, -0.15) is 0 Å². The third kappa shape index (κ3) is 3.51. The van der Waals surface area contributed by atoms with Crippen LogP contribution in [0.3, 0.4) is 0 Å². The van der Waals surface area contributed by atoms with Crippen molar-refractivity contribution < 1.29 is 23.5 Å². The maximum Gasteiger partial charge on any atom is 0.335 e. The summed E-state index contributed by atoms with van der Waals surface area (Å²) in [6.45, 7) is 0.0585. The zero-order valence-corrected chi connectivity index (χ0v) is 10.7. The van der Waals surface area contributed by atoms with Crippen molar-refractivity contribution in [3.05, 3.63) is 35.9 Å². The Labute approximate surface area is 114 Å². The molecule has 20 heavy (non-hydrogen) atoms. The van der Waals surface area contributed by atoms with Crippen LogP contribution in [0.15, 0.2) is 30.3 Å². The fourth-order valence-electron chi connectivity index (χ4n) is 1.73. The van der Waals surface area contributed by atoms with Gasteiger partial charge in [0.25, 0.3) is 12.3 Å². The van der Waals surface area contributed by atoms with Gasteiger partial charge in [0.1, 0.15) is 0 Å². The van der Waals surface area contributed by atoms with Crippen molar-refractivity contribution >= 4 is 11.9 Å². The van der Waals surface area contributed by atoms with Crippen LogP contribution in [-0.2, 0) is 4.79 Å². The van der Waals surface area contributed by atoms with Crippen LogP contribution in [0.25, 0.3) is 0 Å². The van der Waals surface area contributed by atoms with Crippen LogP contribution in [-0.4, -0.2) is 35.5 Å². The summed E-state index contributed by atoms with van der Waals surface area (Å²) in [5, 5.41) is 11.0. The molecule has 110 valence electrons. The molecule has 0 aliphatic carbocycles. The predicted octanol–water partition coefficient (Wildman–Crippen LogP) is 1.24. The standard InChI is InChI=1S/C13H16F2N2O3/c14-11(15)13(12(19)20,7-4-8-16)17-10(18)9-5-2-1-3-6-9/h1-3,5-6,11H,4,7-8,16H2,(H,17,18)(H,19,20). The van der Waals surface area contributed by atoms with Crippen LogP contribution >= 0.6 is 0 Å². The van der Waals surface area contributed by atoms with E-state index in [9.17, 15) is 18.4 Å². The molecule has 0 saturated carbocycles. The monoisotopic (exact) mass is 286 g/mol. The highest BCUT2D eigenvalue weighted by Crippen LogP contribution is 2.23. The van der Waals surface area contributed by atoms with E-state index in [1.807, 2.05) is 5.32 Å². The molecule has 1 aromatic carbocycles. The van der Waals surface area contributed by atoms with E-state index in [1.165, 1.54) is 12.1 Å². The van der Waals surface area contributed by atoms with Gasteiger partial charge in [0.05, 0.1) is 0 Å². The first kappa shape index (κ1) is 16.0. The molecule has 4 N–H and O–H groups in total. The SMILES string of the molecule is NCCCC(NC(=O)c1ccccc1)(C(=O)O)C(F)F. The minimum atomic E-state index is -3.24. The topological polar surface area (TPSA) is 92.4 Å². The molecule has 0 heterocycles. The van der Waals surface area contributed by atoms with E-state index < -0.39 is 30.3 Å². The van der Waals surface area contributed by atoms with Crippen molar-refractivity contribution in [1.82, 2.24) is 5.32 Å². The van der Waals surface area contributed by atoms with E-state index in [2.05, 4.69) is 0 Å². The third-order valence-corrected chi connectivity index (χ3v) is 2.90. The van der Waals surface area contributed by atoms with Crippen LogP contribution < -0.4 is 11.1 Å². The minimum absolute atomic E-state index is 0.0585. The molecule has 1 unspecified atom stereocenters. The first-order valence-corrected chi connectivity index (χ1v) is 6.03. The first-order valence-electron chi connectivity index (χ1n) is 6.03. The largest absolute Gasteiger partial charge is 0.479 e. The Morgan fingerprint density at radius 3 is 2.35 bits per heavy atom. The second-order valence-electron chi connectivity index (χ2n) is 4.29. The molecule has 0 aliphatic heterocycles. The average molecular weight is 286 g/mol. The number of carbonyl (C=O) groups is 2. The van der Waals surface area contributed by atoms with Crippen molar-refractivity contribution in [1.29, 1.82) is 0 Å². The summed E-state index contributed by atoms with van der Waals surface area (Å²) < 4.78 is 26.3.